The second-order valence-electron chi connectivity index (χ2n) is 5.23. The number of halogens is 2. The van der Waals surface area contributed by atoms with Gasteiger partial charge in [0.2, 0.25) is 0 Å². The molecule has 0 aliphatic heterocycles. The van der Waals surface area contributed by atoms with Crippen molar-refractivity contribution in [3.63, 3.8) is 0 Å². The minimum absolute atomic E-state index is 0.697. The fraction of sp³-hybridized carbons (Fsp3) is 0.375. The summed E-state index contributed by atoms with van der Waals surface area (Å²) in [5, 5.41) is 0. The van der Waals surface area contributed by atoms with E-state index in [1.54, 1.807) is 0 Å². The summed E-state index contributed by atoms with van der Waals surface area (Å²) in [6.07, 6.45) is 5.17. The third kappa shape index (κ3) is 5.49. The number of hydrogen-bond acceptors (Lipinski definition) is 2. The van der Waals surface area contributed by atoms with Crippen LogP contribution in [-0.4, -0.2) is 36.7 Å². The van der Waals surface area contributed by atoms with Gasteiger partial charge < -0.3 is 14.2 Å². The Hall–Kier alpha value is -0.780. The van der Waals surface area contributed by atoms with Crippen LogP contribution in [0.25, 0.3) is 0 Å². The maximum absolute atomic E-state index is 5.77. The fourth-order valence-corrected chi connectivity index (χ4v) is 2.89. The molecule has 2 aromatic rings. The lowest BCUT2D eigenvalue weighted by molar-refractivity contribution is 0.260. The summed E-state index contributed by atoms with van der Waals surface area (Å²) < 4.78 is 10.1. The predicted octanol–water partition coefficient (Wildman–Crippen LogP) is 4.20. The predicted molar refractivity (Wildman–Crippen MR) is 94.0 cm³/mol. The zero-order chi connectivity index (χ0) is 15.2. The highest BCUT2D eigenvalue weighted by Gasteiger charge is 2.04. The summed E-state index contributed by atoms with van der Waals surface area (Å²) in [6.45, 7) is 2.58. The maximum Gasteiger partial charge on any atom is 0.133 e. The number of rotatable bonds is 7. The van der Waals surface area contributed by atoms with Crippen LogP contribution in [0.3, 0.4) is 0 Å². The van der Waals surface area contributed by atoms with E-state index in [0.29, 0.717) is 6.61 Å². The molecule has 0 spiro atoms. The second-order valence-corrected chi connectivity index (χ2v) is 7.00. The third-order valence-electron chi connectivity index (χ3n) is 3.17. The normalized spacial score (nSPS) is 11.1. The molecule has 5 heteroatoms. The van der Waals surface area contributed by atoms with Crippen molar-refractivity contribution in [3.05, 3.63) is 51.2 Å². The fourth-order valence-electron chi connectivity index (χ4n) is 1.96. The molecule has 0 bridgehead atoms. The van der Waals surface area contributed by atoms with Crippen molar-refractivity contribution >= 4 is 31.9 Å². The smallest absolute Gasteiger partial charge is 0.133 e. The minimum atomic E-state index is 0.697. The summed E-state index contributed by atoms with van der Waals surface area (Å²) in [5.41, 5.74) is 1.30. The molecule has 0 radical (unpaired) electrons. The Morgan fingerprint density at radius 1 is 1.19 bits per heavy atom. The zero-order valence-corrected chi connectivity index (χ0v) is 15.5. The Morgan fingerprint density at radius 2 is 2.00 bits per heavy atom. The molecule has 1 aromatic carbocycles. The van der Waals surface area contributed by atoms with E-state index in [1.807, 2.05) is 20.2 Å². The van der Waals surface area contributed by atoms with Gasteiger partial charge in [-0.15, -0.1) is 0 Å². The molecule has 114 valence electrons. The standard InChI is InChI=1S/C16H20Br2N2O/c1-19(2)9-10-21-16-4-3-13(11-15(16)18)5-7-20-8-6-14(17)12-20/h3-4,6,8,11-12H,5,7,9-10H2,1-2H3. The topological polar surface area (TPSA) is 17.4 Å². The molecule has 3 nitrogen and oxygen atoms in total. The van der Waals surface area contributed by atoms with E-state index in [0.717, 1.165) is 34.2 Å². The van der Waals surface area contributed by atoms with Gasteiger partial charge in [0.1, 0.15) is 12.4 Å². The van der Waals surface area contributed by atoms with Crippen molar-refractivity contribution in [3.8, 4) is 5.75 Å². The highest BCUT2D eigenvalue weighted by Crippen LogP contribution is 2.26. The van der Waals surface area contributed by atoms with Crippen molar-refractivity contribution < 1.29 is 4.74 Å². The minimum Gasteiger partial charge on any atom is -0.491 e. The molecule has 0 aliphatic rings. The number of nitrogens with zero attached hydrogens (tertiary/aromatic N) is 2. The summed E-state index contributed by atoms with van der Waals surface area (Å²) in [6, 6.07) is 8.37. The van der Waals surface area contributed by atoms with Crippen LogP contribution in [-0.2, 0) is 13.0 Å². The van der Waals surface area contributed by atoms with E-state index in [4.69, 9.17) is 4.74 Å². The lowest BCUT2D eigenvalue weighted by Gasteiger charge is -2.13. The molecule has 0 N–H and O–H groups in total. The average molecular weight is 416 g/mol. The number of likely N-dealkylation sites (N-methyl/N-ethyl adjacent to an activating group) is 1. The molecule has 0 amide bonds. The molecule has 1 heterocycles. The van der Waals surface area contributed by atoms with Crippen LogP contribution in [0, 0.1) is 0 Å². The number of aryl methyl sites for hydroxylation is 2. The molecule has 0 unspecified atom stereocenters. The van der Waals surface area contributed by atoms with Crippen molar-refractivity contribution in [1.82, 2.24) is 9.47 Å². The van der Waals surface area contributed by atoms with E-state index in [9.17, 15) is 0 Å². The van der Waals surface area contributed by atoms with Gasteiger partial charge in [-0.1, -0.05) is 6.07 Å². The first-order valence-corrected chi connectivity index (χ1v) is 8.50. The highest BCUT2D eigenvalue weighted by atomic mass is 79.9. The third-order valence-corrected chi connectivity index (χ3v) is 4.25. The van der Waals surface area contributed by atoms with E-state index in [-0.39, 0.29) is 0 Å². The lowest BCUT2D eigenvalue weighted by Crippen LogP contribution is -2.19. The van der Waals surface area contributed by atoms with Crippen molar-refractivity contribution in [1.29, 1.82) is 0 Å². The van der Waals surface area contributed by atoms with E-state index in [1.165, 1.54) is 5.56 Å². The van der Waals surface area contributed by atoms with Crippen LogP contribution in [0.15, 0.2) is 45.6 Å². The Balaban J connectivity index is 1.89. The summed E-state index contributed by atoms with van der Waals surface area (Å²) in [7, 11) is 4.09. The van der Waals surface area contributed by atoms with Gasteiger partial charge in [-0.3, -0.25) is 0 Å². The number of benzene rings is 1. The quantitative estimate of drug-likeness (QED) is 0.674. The van der Waals surface area contributed by atoms with Gasteiger partial charge in [-0.2, -0.15) is 0 Å². The molecule has 21 heavy (non-hydrogen) atoms. The average Bonchev–Trinajstić information content (AvgIpc) is 2.84. The summed E-state index contributed by atoms with van der Waals surface area (Å²) in [4.78, 5) is 2.11. The van der Waals surface area contributed by atoms with Gasteiger partial charge >= 0.3 is 0 Å². The molecule has 0 saturated carbocycles. The van der Waals surface area contributed by atoms with Crippen molar-refractivity contribution in [2.75, 3.05) is 27.2 Å². The first-order valence-electron chi connectivity index (χ1n) is 6.92. The lowest BCUT2D eigenvalue weighted by atomic mass is 10.1. The Kier molecular flexibility index (Phi) is 6.33. The number of hydrogen-bond donors (Lipinski definition) is 0. The van der Waals surface area contributed by atoms with Crippen molar-refractivity contribution in [2.45, 2.75) is 13.0 Å². The monoisotopic (exact) mass is 414 g/mol. The van der Waals surface area contributed by atoms with Crippen LogP contribution in [0.1, 0.15) is 5.56 Å². The maximum atomic E-state index is 5.77. The van der Waals surface area contributed by atoms with Crippen LogP contribution in [0.2, 0.25) is 0 Å². The van der Waals surface area contributed by atoms with Gasteiger partial charge in [-0.25, -0.2) is 0 Å². The highest BCUT2D eigenvalue weighted by molar-refractivity contribution is 9.10. The molecule has 0 saturated heterocycles. The Morgan fingerprint density at radius 3 is 2.62 bits per heavy atom. The largest absolute Gasteiger partial charge is 0.491 e. The van der Waals surface area contributed by atoms with Crippen LogP contribution in [0.5, 0.6) is 5.75 Å². The van der Waals surface area contributed by atoms with Crippen LogP contribution in [0.4, 0.5) is 0 Å². The van der Waals surface area contributed by atoms with Gasteiger partial charge in [0.05, 0.1) is 4.47 Å². The van der Waals surface area contributed by atoms with Crippen molar-refractivity contribution in [2.24, 2.45) is 0 Å². The van der Waals surface area contributed by atoms with E-state index in [2.05, 4.69) is 71.9 Å². The number of ether oxygens (including phenoxy) is 1. The molecular formula is C16H20Br2N2O. The first kappa shape index (κ1) is 16.6. The Bertz CT molecular complexity index is 581. The van der Waals surface area contributed by atoms with Gasteiger partial charge in [0.15, 0.2) is 0 Å². The summed E-state index contributed by atoms with van der Waals surface area (Å²) in [5.74, 6) is 0.907. The Labute approximate surface area is 143 Å². The zero-order valence-electron chi connectivity index (χ0n) is 12.4. The van der Waals surface area contributed by atoms with Gasteiger partial charge in [-0.05, 0) is 76.1 Å². The first-order chi connectivity index (χ1) is 10.0. The molecule has 0 aliphatic carbocycles. The van der Waals surface area contributed by atoms with Crippen LogP contribution < -0.4 is 4.74 Å². The van der Waals surface area contributed by atoms with Gasteiger partial charge in [0, 0.05) is 30.0 Å². The molecule has 0 atom stereocenters. The van der Waals surface area contributed by atoms with E-state index >= 15 is 0 Å². The van der Waals surface area contributed by atoms with E-state index < -0.39 is 0 Å². The molecule has 2 rings (SSSR count). The SMILES string of the molecule is CN(C)CCOc1ccc(CCn2ccc(Br)c2)cc1Br. The van der Waals surface area contributed by atoms with Gasteiger partial charge in [0.25, 0.3) is 0 Å². The second kappa shape index (κ2) is 8.01. The van der Waals surface area contributed by atoms with Crippen LogP contribution >= 0.6 is 31.9 Å². The molecular weight excluding hydrogens is 396 g/mol. The molecule has 0 fully saturated rings. The molecule has 1 aromatic heterocycles. The number of aromatic nitrogens is 1. The summed E-state index contributed by atoms with van der Waals surface area (Å²) >= 11 is 7.06.